The first-order chi connectivity index (χ1) is 10.8. The molecule has 0 bridgehead atoms. The van der Waals surface area contributed by atoms with Gasteiger partial charge in [0, 0.05) is 18.7 Å². The van der Waals surface area contributed by atoms with Crippen molar-refractivity contribution in [3.8, 4) is 0 Å². The van der Waals surface area contributed by atoms with Gasteiger partial charge in [0.25, 0.3) is 0 Å². The number of hydrogen-bond donors (Lipinski definition) is 1. The number of aromatic nitrogens is 1. The van der Waals surface area contributed by atoms with Crippen molar-refractivity contribution in [3.05, 3.63) is 59.4 Å². The maximum absolute atomic E-state index is 12.4. The van der Waals surface area contributed by atoms with Crippen LogP contribution in [0.1, 0.15) is 22.7 Å². The van der Waals surface area contributed by atoms with Gasteiger partial charge in [-0.15, -0.1) is 0 Å². The van der Waals surface area contributed by atoms with Crippen molar-refractivity contribution in [2.75, 3.05) is 6.54 Å². The number of nitrogens with zero attached hydrogens (tertiary/aromatic N) is 1. The van der Waals surface area contributed by atoms with Gasteiger partial charge in [-0.1, -0.05) is 24.3 Å². The van der Waals surface area contributed by atoms with Gasteiger partial charge in [-0.25, -0.2) is 13.1 Å². The lowest BCUT2D eigenvalue weighted by Gasteiger charge is -2.30. The van der Waals surface area contributed by atoms with Crippen molar-refractivity contribution in [1.82, 2.24) is 9.71 Å². The molecule has 8 heteroatoms. The van der Waals surface area contributed by atoms with Gasteiger partial charge in [-0.3, -0.25) is 4.98 Å². The van der Waals surface area contributed by atoms with E-state index in [-0.39, 0.29) is 17.4 Å². The summed E-state index contributed by atoms with van der Waals surface area (Å²) in [5, 5.41) is 0. The molecule has 0 saturated heterocycles. The lowest BCUT2D eigenvalue weighted by atomic mass is 9.78. The maximum atomic E-state index is 12.4. The summed E-state index contributed by atoms with van der Waals surface area (Å²) in [4.78, 5) is 2.89. The van der Waals surface area contributed by atoms with Crippen molar-refractivity contribution in [2.45, 2.75) is 23.4 Å². The van der Waals surface area contributed by atoms with Crippen molar-refractivity contribution in [1.29, 1.82) is 0 Å². The van der Waals surface area contributed by atoms with Crippen LogP contribution in [-0.4, -0.2) is 19.9 Å². The Morgan fingerprint density at radius 2 is 1.91 bits per heavy atom. The highest BCUT2D eigenvalue weighted by molar-refractivity contribution is 7.89. The summed E-state index contributed by atoms with van der Waals surface area (Å²) in [6.45, 7) is 0.209. The maximum Gasteiger partial charge on any atom is 0.433 e. The van der Waals surface area contributed by atoms with Gasteiger partial charge >= 0.3 is 6.18 Å². The molecule has 2 aromatic rings. The first kappa shape index (κ1) is 15.9. The molecule has 0 spiro atoms. The second kappa shape index (κ2) is 5.61. The van der Waals surface area contributed by atoms with E-state index in [1.54, 1.807) is 0 Å². The molecule has 1 aliphatic rings. The lowest BCUT2D eigenvalue weighted by Crippen LogP contribution is -2.33. The fourth-order valence-electron chi connectivity index (χ4n) is 2.55. The summed E-state index contributed by atoms with van der Waals surface area (Å²) >= 11 is 0. The average Bonchev–Trinajstić information content (AvgIpc) is 2.47. The van der Waals surface area contributed by atoms with Gasteiger partial charge in [-0.2, -0.15) is 13.2 Å². The SMILES string of the molecule is O=S(=O)(NCC1Cc2ccccc21)c1ccc(C(F)(F)F)nc1. The monoisotopic (exact) mass is 342 g/mol. The van der Waals surface area contributed by atoms with Crippen molar-refractivity contribution in [2.24, 2.45) is 0 Å². The van der Waals surface area contributed by atoms with Crippen molar-refractivity contribution < 1.29 is 21.6 Å². The molecule has 122 valence electrons. The number of hydrogen-bond acceptors (Lipinski definition) is 3. The van der Waals surface area contributed by atoms with Crippen LogP contribution in [0.3, 0.4) is 0 Å². The zero-order valence-corrected chi connectivity index (χ0v) is 12.7. The minimum atomic E-state index is -4.59. The van der Waals surface area contributed by atoms with Gasteiger partial charge in [0.1, 0.15) is 10.6 Å². The van der Waals surface area contributed by atoms with Crippen LogP contribution in [0.2, 0.25) is 0 Å². The molecule has 1 aliphatic carbocycles. The number of sulfonamides is 1. The molecule has 1 unspecified atom stereocenters. The lowest BCUT2D eigenvalue weighted by molar-refractivity contribution is -0.141. The second-order valence-corrected chi connectivity index (χ2v) is 7.10. The zero-order valence-electron chi connectivity index (χ0n) is 11.8. The van der Waals surface area contributed by atoms with Gasteiger partial charge < -0.3 is 0 Å². The largest absolute Gasteiger partial charge is 0.433 e. The molecular formula is C15H13F3N2O2S. The molecule has 0 radical (unpaired) electrons. The minimum absolute atomic E-state index is 0.0865. The molecule has 0 aliphatic heterocycles. The molecular weight excluding hydrogens is 329 g/mol. The predicted molar refractivity (Wildman–Crippen MR) is 77.3 cm³/mol. The number of pyridine rings is 1. The number of alkyl halides is 3. The Balaban J connectivity index is 1.68. The summed E-state index contributed by atoms with van der Waals surface area (Å²) in [5.41, 5.74) is 1.16. The molecule has 1 aromatic carbocycles. The summed E-state index contributed by atoms with van der Waals surface area (Å²) < 4.78 is 64.0. The third kappa shape index (κ3) is 3.23. The second-order valence-electron chi connectivity index (χ2n) is 5.33. The standard InChI is InChI=1S/C15H13F3N2O2S/c16-15(17,18)14-6-5-12(9-19-14)23(21,22)20-8-11-7-10-3-1-2-4-13(10)11/h1-6,9,11,20H,7-8H2. The minimum Gasteiger partial charge on any atom is -0.250 e. The quantitative estimate of drug-likeness (QED) is 0.929. The van der Waals surface area contributed by atoms with E-state index < -0.39 is 21.9 Å². The number of nitrogens with one attached hydrogen (secondary N) is 1. The van der Waals surface area contributed by atoms with Gasteiger partial charge in [-0.05, 0) is 29.7 Å². The molecule has 1 aromatic heterocycles. The van der Waals surface area contributed by atoms with Crippen LogP contribution in [0, 0.1) is 0 Å². The van der Waals surface area contributed by atoms with Gasteiger partial charge in [0.2, 0.25) is 10.0 Å². The number of fused-ring (bicyclic) bond motifs is 1. The van der Waals surface area contributed by atoms with E-state index in [0.29, 0.717) is 6.07 Å². The van der Waals surface area contributed by atoms with Crippen LogP contribution in [0.4, 0.5) is 13.2 Å². The molecule has 0 amide bonds. The highest BCUT2D eigenvalue weighted by Gasteiger charge is 2.33. The van der Waals surface area contributed by atoms with Crippen LogP contribution in [0.5, 0.6) is 0 Å². The molecule has 1 heterocycles. The molecule has 0 fully saturated rings. The van der Waals surface area contributed by atoms with E-state index in [1.165, 1.54) is 5.56 Å². The fourth-order valence-corrected chi connectivity index (χ4v) is 3.57. The van der Waals surface area contributed by atoms with E-state index in [4.69, 9.17) is 0 Å². The van der Waals surface area contributed by atoms with Crippen molar-refractivity contribution in [3.63, 3.8) is 0 Å². The Labute approximate surface area is 131 Å². The van der Waals surface area contributed by atoms with Crippen LogP contribution in [-0.2, 0) is 22.6 Å². The van der Waals surface area contributed by atoms with E-state index >= 15 is 0 Å². The van der Waals surface area contributed by atoms with Crippen LogP contribution in [0.15, 0.2) is 47.5 Å². The molecule has 0 saturated carbocycles. The smallest absolute Gasteiger partial charge is 0.250 e. The van der Waals surface area contributed by atoms with Gasteiger partial charge in [0.15, 0.2) is 0 Å². The molecule has 23 heavy (non-hydrogen) atoms. The summed E-state index contributed by atoms with van der Waals surface area (Å²) in [7, 11) is -3.88. The number of halogens is 3. The van der Waals surface area contributed by atoms with Crippen LogP contribution in [0.25, 0.3) is 0 Å². The van der Waals surface area contributed by atoms with Crippen LogP contribution >= 0.6 is 0 Å². The highest BCUT2D eigenvalue weighted by Crippen LogP contribution is 2.34. The molecule has 4 nitrogen and oxygen atoms in total. The number of rotatable bonds is 4. The first-order valence-electron chi connectivity index (χ1n) is 6.88. The van der Waals surface area contributed by atoms with Gasteiger partial charge in [0.05, 0.1) is 0 Å². The zero-order chi connectivity index (χ0) is 16.7. The Morgan fingerprint density at radius 3 is 2.52 bits per heavy atom. The van der Waals surface area contributed by atoms with E-state index in [0.717, 1.165) is 24.2 Å². The van der Waals surface area contributed by atoms with Crippen LogP contribution < -0.4 is 4.72 Å². The molecule has 3 rings (SSSR count). The first-order valence-corrected chi connectivity index (χ1v) is 8.36. The Kier molecular flexibility index (Phi) is 3.89. The Bertz CT molecular complexity index is 817. The fraction of sp³-hybridized carbons (Fsp3) is 0.267. The summed E-state index contributed by atoms with van der Waals surface area (Å²) in [6, 6.07) is 9.31. The average molecular weight is 342 g/mol. The third-order valence-electron chi connectivity index (χ3n) is 3.82. The van der Waals surface area contributed by atoms with E-state index in [2.05, 4.69) is 9.71 Å². The Hall–Kier alpha value is -1.93. The topological polar surface area (TPSA) is 59.1 Å². The number of benzene rings is 1. The third-order valence-corrected chi connectivity index (χ3v) is 5.23. The predicted octanol–water partition coefficient (Wildman–Crippen LogP) is 2.72. The van der Waals surface area contributed by atoms with E-state index in [9.17, 15) is 21.6 Å². The molecule has 1 atom stereocenters. The summed E-state index contributed by atoms with van der Waals surface area (Å²) in [6.07, 6.45) is -3.09. The normalized spacial score (nSPS) is 17.4. The van der Waals surface area contributed by atoms with E-state index in [1.807, 2.05) is 24.3 Å². The van der Waals surface area contributed by atoms with Crippen molar-refractivity contribution >= 4 is 10.0 Å². The molecule has 1 N–H and O–H groups in total. The summed E-state index contributed by atoms with van der Waals surface area (Å²) in [5.74, 6) is 0.0865. The highest BCUT2D eigenvalue weighted by atomic mass is 32.2. The Morgan fingerprint density at radius 1 is 1.17 bits per heavy atom.